The van der Waals surface area contributed by atoms with E-state index < -0.39 is 6.10 Å². The van der Waals surface area contributed by atoms with E-state index in [1.54, 1.807) is 32.7 Å². The number of hydrogen-bond donors (Lipinski definition) is 1. The first-order valence-corrected chi connectivity index (χ1v) is 6.92. The number of anilines is 1. The number of β-amino-alcohol motifs (C(OH)–C–C–N with tert-alkyl or cyclic N) is 1. The Morgan fingerprint density at radius 2 is 2.19 bits per heavy atom. The minimum Gasteiger partial charge on any atom is -0.391 e. The van der Waals surface area contributed by atoms with Gasteiger partial charge < -0.3 is 14.9 Å². The van der Waals surface area contributed by atoms with E-state index in [0.717, 1.165) is 0 Å². The molecule has 0 aromatic carbocycles. The Morgan fingerprint density at radius 3 is 2.76 bits per heavy atom. The fourth-order valence-electron chi connectivity index (χ4n) is 2.77. The van der Waals surface area contributed by atoms with Crippen LogP contribution in [0.1, 0.15) is 17.7 Å². The quantitative estimate of drug-likeness (QED) is 0.839. The van der Waals surface area contributed by atoms with Crippen molar-refractivity contribution in [1.82, 2.24) is 14.7 Å². The van der Waals surface area contributed by atoms with Crippen LogP contribution in [0, 0.1) is 24.2 Å². The standard InChI is InChI=1S/C14H21N5O2/c1-9-11(6-15)14(18(4)16-9)19-7-10(12(20)8-19)5-13(21)17(2)3/h10,12,20H,5,7-8H2,1-4H3/t10-,12-/m1/s1. The van der Waals surface area contributed by atoms with Crippen LogP contribution in [0.2, 0.25) is 0 Å². The molecule has 7 nitrogen and oxygen atoms in total. The molecule has 0 bridgehead atoms. The SMILES string of the molecule is Cc1nn(C)c(N2C[C@@H](CC(=O)N(C)C)[C@H](O)C2)c1C#N. The lowest BCUT2D eigenvalue weighted by atomic mass is 10.0. The third kappa shape index (κ3) is 2.85. The van der Waals surface area contributed by atoms with Crippen molar-refractivity contribution >= 4 is 11.7 Å². The van der Waals surface area contributed by atoms with Crippen molar-refractivity contribution in [2.45, 2.75) is 19.4 Å². The van der Waals surface area contributed by atoms with Gasteiger partial charge in [0.05, 0.1) is 11.8 Å². The molecule has 1 saturated heterocycles. The number of aryl methyl sites for hydroxylation is 2. The third-order valence-corrected chi connectivity index (χ3v) is 3.95. The molecule has 0 radical (unpaired) electrons. The van der Waals surface area contributed by atoms with Crippen molar-refractivity contribution in [3.63, 3.8) is 0 Å². The van der Waals surface area contributed by atoms with Gasteiger partial charge in [0, 0.05) is 46.6 Å². The number of carbonyl (C=O) groups excluding carboxylic acids is 1. The molecule has 0 aliphatic carbocycles. The monoisotopic (exact) mass is 291 g/mol. The predicted molar refractivity (Wildman–Crippen MR) is 77.7 cm³/mol. The second-order valence-corrected chi connectivity index (χ2v) is 5.74. The molecule has 1 N–H and O–H groups in total. The molecule has 2 atom stereocenters. The highest BCUT2D eigenvalue weighted by Gasteiger charge is 2.35. The molecule has 1 amide bonds. The van der Waals surface area contributed by atoms with Crippen molar-refractivity contribution in [2.75, 3.05) is 32.1 Å². The van der Waals surface area contributed by atoms with Gasteiger partial charge in [-0.05, 0) is 6.92 Å². The number of hydrogen-bond acceptors (Lipinski definition) is 5. The van der Waals surface area contributed by atoms with Crippen molar-refractivity contribution in [3.05, 3.63) is 11.3 Å². The van der Waals surface area contributed by atoms with Gasteiger partial charge in [0.1, 0.15) is 17.5 Å². The van der Waals surface area contributed by atoms with Gasteiger partial charge >= 0.3 is 0 Å². The minimum absolute atomic E-state index is 0.00240. The van der Waals surface area contributed by atoms with Crippen molar-refractivity contribution in [1.29, 1.82) is 5.26 Å². The Hall–Kier alpha value is -2.07. The number of amides is 1. The zero-order valence-electron chi connectivity index (χ0n) is 12.9. The van der Waals surface area contributed by atoms with Gasteiger partial charge in [0.15, 0.2) is 0 Å². The first-order chi connectivity index (χ1) is 9.85. The van der Waals surface area contributed by atoms with E-state index in [-0.39, 0.29) is 11.8 Å². The highest BCUT2D eigenvalue weighted by Crippen LogP contribution is 2.29. The molecule has 1 fully saturated rings. The van der Waals surface area contributed by atoms with Crippen LogP contribution in [0.4, 0.5) is 5.82 Å². The van der Waals surface area contributed by atoms with Crippen LogP contribution in [-0.2, 0) is 11.8 Å². The number of rotatable bonds is 3. The van der Waals surface area contributed by atoms with E-state index in [1.807, 2.05) is 4.90 Å². The smallest absolute Gasteiger partial charge is 0.222 e. The summed E-state index contributed by atoms with van der Waals surface area (Å²) in [7, 11) is 5.20. The molecule has 1 aliphatic rings. The fourth-order valence-corrected chi connectivity index (χ4v) is 2.77. The lowest BCUT2D eigenvalue weighted by molar-refractivity contribution is -0.130. The maximum Gasteiger partial charge on any atom is 0.222 e. The average Bonchev–Trinajstić information content (AvgIpc) is 2.89. The van der Waals surface area contributed by atoms with Crippen LogP contribution in [0.5, 0.6) is 0 Å². The van der Waals surface area contributed by atoms with Gasteiger partial charge in [0.25, 0.3) is 0 Å². The molecule has 2 heterocycles. The molecule has 7 heteroatoms. The number of aliphatic hydroxyl groups is 1. The predicted octanol–water partition coefficient (Wildman–Crippen LogP) is -0.124. The summed E-state index contributed by atoms with van der Waals surface area (Å²) in [6.07, 6.45) is -0.265. The highest BCUT2D eigenvalue weighted by atomic mass is 16.3. The van der Waals surface area contributed by atoms with E-state index in [2.05, 4.69) is 11.2 Å². The lowest BCUT2D eigenvalue weighted by Gasteiger charge is -2.19. The summed E-state index contributed by atoms with van der Waals surface area (Å²) in [5, 5.41) is 23.7. The third-order valence-electron chi connectivity index (χ3n) is 3.95. The van der Waals surface area contributed by atoms with Gasteiger partial charge in [-0.15, -0.1) is 0 Å². The molecule has 0 spiro atoms. The van der Waals surface area contributed by atoms with E-state index in [0.29, 0.717) is 36.6 Å². The van der Waals surface area contributed by atoms with Crippen LogP contribution < -0.4 is 4.90 Å². The zero-order valence-corrected chi connectivity index (χ0v) is 12.9. The summed E-state index contributed by atoms with van der Waals surface area (Å²) in [5.41, 5.74) is 1.21. The maximum atomic E-state index is 11.8. The van der Waals surface area contributed by atoms with E-state index in [9.17, 15) is 15.2 Å². The molecule has 1 aromatic rings. The van der Waals surface area contributed by atoms with Crippen molar-refractivity contribution in [3.8, 4) is 6.07 Å². The van der Waals surface area contributed by atoms with Crippen LogP contribution in [0.25, 0.3) is 0 Å². The second-order valence-electron chi connectivity index (χ2n) is 5.74. The molecule has 1 aromatic heterocycles. The molecule has 21 heavy (non-hydrogen) atoms. The van der Waals surface area contributed by atoms with E-state index in [1.165, 1.54) is 4.90 Å². The first-order valence-electron chi connectivity index (χ1n) is 6.92. The first kappa shape index (κ1) is 15.3. The van der Waals surface area contributed by atoms with E-state index >= 15 is 0 Å². The van der Waals surface area contributed by atoms with Crippen molar-refractivity contribution in [2.24, 2.45) is 13.0 Å². The van der Waals surface area contributed by atoms with Crippen LogP contribution in [-0.4, -0.2) is 59.0 Å². The normalized spacial score (nSPS) is 21.4. The molecule has 0 unspecified atom stereocenters. The summed E-state index contributed by atoms with van der Waals surface area (Å²) in [4.78, 5) is 15.3. The summed E-state index contributed by atoms with van der Waals surface area (Å²) < 4.78 is 1.66. The molecular weight excluding hydrogens is 270 g/mol. The number of aliphatic hydroxyl groups excluding tert-OH is 1. The number of nitrogens with zero attached hydrogens (tertiary/aromatic N) is 5. The second kappa shape index (κ2) is 5.74. The molecule has 1 aliphatic heterocycles. The van der Waals surface area contributed by atoms with Crippen LogP contribution in [0.15, 0.2) is 0 Å². The maximum absolute atomic E-state index is 11.8. The van der Waals surface area contributed by atoms with Crippen molar-refractivity contribution < 1.29 is 9.90 Å². The Kier molecular flexibility index (Phi) is 4.19. The summed E-state index contributed by atoms with van der Waals surface area (Å²) >= 11 is 0. The minimum atomic E-state index is -0.573. The van der Waals surface area contributed by atoms with Gasteiger partial charge in [-0.1, -0.05) is 0 Å². The van der Waals surface area contributed by atoms with Gasteiger partial charge in [-0.3, -0.25) is 9.48 Å². The Bertz CT molecular complexity index is 587. The van der Waals surface area contributed by atoms with Crippen LogP contribution in [0.3, 0.4) is 0 Å². The molecular formula is C14H21N5O2. The van der Waals surface area contributed by atoms with Gasteiger partial charge in [-0.2, -0.15) is 10.4 Å². The summed E-state index contributed by atoms with van der Waals surface area (Å²) in [6.45, 7) is 2.76. The van der Waals surface area contributed by atoms with Gasteiger partial charge in [0.2, 0.25) is 5.91 Å². The summed E-state index contributed by atoms with van der Waals surface area (Å²) in [5.74, 6) is 0.595. The summed E-state index contributed by atoms with van der Waals surface area (Å²) in [6, 6.07) is 2.17. The number of aromatic nitrogens is 2. The zero-order chi connectivity index (χ0) is 15.7. The Labute approximate surface area is 124 Å². The van der Waals surface area contributed by atoms with Crippen LogP contribution >= 0.6 is 0 Å². The molecule has 114 valence electrons. The Balaban J connectivity index is 2.18. The van der Waals surface area contributed by atoms with E-state index in [4.69, 9.17) is 0 Å². The van der Waals surface area contributed by atoms with Gasteiger partial charge in [-0.25, -0.2) is 0 Å². The fraction of sp³-hybridized carbons (Fsp3) is 0.643. The molecule has 0 saturated carbocycles. The number of nitriles is 1. The highest BCUT2D eigenvalue weighted by molar-refractivity contribution is 5.76. The molecule has 2 rings (SSSR count). The average molecular weight is 291 g/mol. The Morgan fingerprint density at radius 1 is 1.52 bits per heavy atom. The number of carbonyl (C=O) groups is 1. The topological polar surface area (TPSA) is 85.4 Å². The largest absolute Gasteiger partial charge is 0.391 e. The lowest BCUT2D eigenvalue weighted by Crippen LogP contribution is -2.28.